The third kappa shape index (κ3) is 5.29. The van der Waals surface area contributed by atoms with Gasteiger partial charge in [0.05, 0.1) is 7.11 Å². The number of carbonyl (C=O) groups excluding carboxylic acids is 1. The quantitative estimate of drug-likeness (QED) is 0.476. The predicted octanol–water partition coefficient (Wildman–Crippen LogP) is 2.08. The van der Waals surface area contributed by atoms with Crippen molar-refractivity contribution in [3.05, 3.63) is 0 Å². The van der Waals surface area contributed by atoms with Gasteiger partial charge in [0.25, 0.3) is 0 Å². The van der Waals surface area contributed by atoms with Gasteiger partial charge in [0.1, 0.15) is 0 Å². The first-order valence-electron chi connectivity index (χ1n) is 5.48. The second kappa shape index (κ2) is 7.84. The maximum absolute atomic E-state index is 11.1. The molecule has 0 aromatic rings. The van der Waals surface area contributed by atoms with E-state index in [2.05, 4.69) is 11.7 Å². The van der Waals surface area contributed by atoms with Crippen molar-refractivity contribution in [2.24, 2.45) is 0 Å². The average Bonchev–Trinajstić information content (AvgIpc) is 2.26. The molecule has 0 saturated heterocycles. The molecule has 0 aromatic heterocycles. The number of hydrogen-bond acceptors (Lipinski definition) is 4. The van der Waals surface area contributed by atoms with E-state index in [-0.39, 0.29) is 5.97 Å². The fourth-order valence-corrected chi connectivity index (χ4v) is 4.26. The zero-order valence-electron chi connectivity index (χ0n) is 10.2. The fraction of sp³-hybridized carbons (Fsp3) is 0.900. The van der Waals surface area contributed by atoms with Crippen molar-refractivity contribution >= 4 is 14.5 Å². The minimum Gasteiger partial charge on any atom is -0.469 e. The Morgan fingerprint density at radius 3 is 2.00 bits per heavy atom. The third-order valence-corrected chi connectivity index (χ3v) is 6.01. The second-order valence-electron chi connectivity index (χ2n) is 3.21. The summed E-state index contributed by atoms with van der Waals surface area (Å²) in [4.78, 5) is 11.1. The summed E-state index contributed by atoms with van der Waals surface area (Å²) in [6.45, 7) is 7.24. The standard InChI is InChI=1S/C10H22O4Si/c1-5-13-15(7-3,14-6-2)9-8-10(11)12-4/h5-9H2,1-4H3. The molecule has 0 aliphatic heterocycles. The lowest BCUT2D eigenvalue weighted by molar-refractivity contribution is -0.140. The molecule has 0 aliphatic rings. The number of hydrogen-bond donors (Lipinski definition) is 0. The fourth-order valence-electron chi connectivity index (χ4n) is 1.49. The van der Waals surface area contributed by atoms with Crippen molar-refractivity contribution in [3.63, 3.8) is 0 Å². The Kier molecular flexibility index (Phi) is 7.64. The molecule has 0 bridgehead atoms. The third-order valence-electron chi connectivity index (χ3n) is 2.29. The molecule has 90 valence electrons. The van der Waals surface area contributed by atoms with Crippen LogP contribution in [-0.4, -0.2) is 34.9 Å². The van der Waals surface area contributed by atoms with E-state index in [0.29, 0.717) is 25.7 Å². The van der Waals surface area contributed by atoms with Gasteiger partial charge in [-0.05, 0) is 19.9 Å². The number of ether oxygens (including phenoxy) is 1. The molecule has 15 heavy (non-hydrogen) atoms. The molecule has 0 aromatic carbocycles. The topological polar surface area (TPSA) is 44.8 Å². The Balaban J connectivity index is 4.26. The summed E-state index contributed by atoms with van der Waals surface area (Å²) >= 11 is 0. The van der Waals surface area contributed by atoms with E-state index in [9.17, 15) is 4.79 Å². The summed E-state index contributed by atoms with van der Waals surface area (Å²) < 4.78 is 16.1. The van der Waals surface area contributed by atoms with Gasteiger partial charge in [0, 0.05) is 25.7 Å². The average molecular weight is 234 g/mol. The Morgan fingerprint density at radius 2 is 1.67 bits per heavy atom. The van der Waals surface area contributed by atoms with Crippen LogP contribution in [0.1, 0.15) is 27.2 Å². The minimum atomic E-state index is -2.15. The molecule has 0 fully saturated rings. The van der Waals surface area contributed by atoms with E-state index in [4.69, 9.17) is 8.85 Å². The zero-order valence-corrected chi connectivity index (χ0v) is 11.2. The number of esters is 1. The van der Waals surface area contributed by atoms with Gasteiger partial charge >= 0.3 is 14.5 Å². The molecule has 0 aliphatic carbocycles. The van der Waals surface area contributed by atoms with Crippen molar-refractivity contribution in [1.29, 1.82) is 0 Å². The number of methoxy groups -OCH3 is 1. The molecule has 5 heteroatoms. The van der Waals surface area contributed by atoms with Gasteiger partial charge in [-0.25, -0.2) is 0 Å². The van der Waals surface area contributed by atoms with Crippen LogP contribution in [0.3, 0.4) is 0 Å². The summed E-state index contributed by atoms with van der Waals surface area (Å²) in [5.41, 5.74) is 0. The van der Waals surface area contributed by atoms with Crippen LogP contribution in [0.15, 0.2) is 0 Å². The second-order valence-corrected chi connectivity index (χ2v) is 6.81. The van der Waals surface area contributed by atoms with E-state index in [0.717, 1.165) is 6.04 Å². The first-order chi connectivity index (χ1) is 7.14. The van der Waals surface area contributed by atoms with E-state index >= 15 is 0 Å². The van der Waals surface area contributed by atoms with Crippen LogP contribution in [0.5, 0.6) is 0 Å². The van der Waals surface area contributed by atoms with E-state index in [1.165, 1.54) is 7.11 Å². The van der Waals surface area contributed by atoms with Crippen LogP contribution in [0.2, 0.25) is 12.1 Å². The van der Waals surface area contributed by atoms with Crippen LogP contribution < -0.4 is 0 Å². The normalized spacial score (nSPS) is 11.5. The van der Waals surface area contributed by atoms with Crippen LogP contribution in [-0.2, 0) is 18.4 Å². The predicted molar refractivity (Wildman–Crippen MR) is 60.9 cm³/mol. The highest BCUT2D eigenvalue weighted by Crippen LogP contribution is 2.21. The largest absolute Gasteiger partial charge is 0.469 e. The summed E-state index contributed by atoms with van der Waals surface area (Å²) in [5, 5.41) is 0. The van der Waals surface area contributed by atoms with Gasteiger partial charge in [0.15, 0.2) is 0 Å². The van der Waals surface area contributed by atoms with E-state index in [1.807, 2.05) is 13.8 Å². The highest BCUT2D eigenvalue weighted by molar-refractivity contribution is 6.67. The van der Waals surface area contributed by atoms with Gasteiger partial charge < -0.3 is 13.6 Å². The molecule has 0 unspecified atom stereocenters. The van der Waals surface area contributed by atoms with Crippen LogP contribution in [0.25, 0.3) is 0 Å². The molecule has 0 N–H and O–H groups in total. The number of carbonyl (C=O) groups is 1. The van der Waals surface area contributed by atoms with Gasteiger partial charge in [-0.1, -0.05) is 6.92 Å². The summed E-state index contributed by atoms with van der Waals surface area (Å²) in [6.07, 6.45) is 0.385. The Bertz CT molecular complexity index is 178. The van der Waals surface area contributed by atoms with Crippen molar-refractivity contribution in [3.8, 4) is 0 Å². The van der Waals surface area contributed by atoms with Gasteiger partial charge in [0.2, 0.25) is 0 Å². The SMILES string of the molecule is CCO[Si](CC)(CCC(=O)OC)OCC. The lowest BCUT2D eigenvalue weighted by atomic mass is 10.5. The van der Waals surface area contributed by atoms with Gasteiger partial charge in [-0.2, -0.15) is 0 Å². The highest BCUT2D eigenvalue weighted by Gasteiger charge is 2.35. The zero-order chi connectivity index (χ0) is 11.7. The Morgan fingerprint density at radius 1 is 1.13 bits per heavy atom. The van der Waals surface area contributed by atoms with Crippen LogP contribution >= 0.6 is 0 Å². The molecule has 0 saturated carbocycles. The number of rotatable bonds is 8. The van der Waals surface area contributed by atoms with Crippen molar-refractivity contribution < 1.29 is 18.4 Å². The smallest absolute Gasteiger partial charge is 0.338 e. The van der Waals surface area contributed by atoms with Crippen molar-refractivity contribution in [2.45, 2.75) is 39.3 Å². The molecule has 0 amide bonds. The molecule has 0 spiro atoms. The molecule has 0 heterocycles. The Labute approximate surface area is 93.2 Å². The summed E-state index contributed by atoms with van der Waals surface area (Å²) in [7, 11) is -0.748. The maximum atomic E-state index is 11.1. The molecule has 4 nitrogen and oxygen atoms in total. The molecule has 0 rings (SSSR count). The van der Waals surface area contributed by atoms with Crippen molar-refractivity contribution in [2.75, 3.05) is 20.3 Å². The Hall–Kier alpha value is -0.393. The van der Waals surface area contributed by atoms with E-state index < -0.39 is 8.56 Å². The molecule has 0 atom stereocenters. The summed E-state index contributed by atoms with van der Waals surface area (Å²) in [6, 6.07) is 1.55. The summed E-state index contributed by atoms with van der Waals surface area (Å²) in [5.74, 6) is -0.195. The lowest BCUT2D eigenvalue weighted by Gasteiger charge is -2.28. The van der Waals surface area contributed by atoms with Crippen molar-refractivity contribution in [1.82, 2.24) is 0 Å². The first-order valence-corrected chi connectivity index (χ1v) is 7.71. The maximum Gasteiger partial charge on any atom is 0.338 e. The first kappa shape index (κ1) is 14.6. The molecular weight excluding hydrogens is 212 g/mol. The monoisotopic (exact) mass is 234 g/mol. The lowest BCUT2D eigenvalue weighted by Crippen LogP contribution is -2.42. The molecular formula is C10H22O4Si. The molecule has 0 radical (unpaired) electrons. The van der Waals surface area contributed by atoms with Gasteiger partial charge in [-0.3, -0.25) is 4.79 Å². The highest BCUT2D eigenvalue weighted by atomic mass is 28.4. The van der Waals surface area contributed by atoms with E-state index in [1.54, 1.807) is 0 Å². The van der Waals surface area contributed by atoms with Crippen LogP contribution in [0.4, 0.5) is 0 Å². The minimum absolute atomic E-state index is 0.195. The van der Waals surface area contributed by atoms with Crippen LogP contribution in [0, 0.1) is 0 Å². The van der Waals surface area contributed by atoms with Gasteiger partial charge in [-0.15, -0.1) is 0 Å².